The average molecular weight is 320 g/mol. The van der Waals surface area contributed by atoms with E-state index in [0.717, 1.165) is 41.3 Å². The van der Waals surface area contributed by atoms with Crippen LogP contribution in [0, 0.1) is 12.7 Å². The number of aliphatic imine (C=N–C) groups is 1. The molecular formula is C20H17FN2O. The fourth-order valence-corrected chi connectivity index (χ4v) is 3.18. The highest BCUT2D eigenvalue weighted by Gasteiger charge is 2.25. The van der Waals surface area contributed by atoms with Crippen LogP contribution >= 0.6 is 0 Å². The van der Waals surface area contributed by atoms with E-state index in [2.05, 4.69) is 17.3 Å². The Hall–Kier alpha value is -2.75. The molecule has 0 aliphatic carbocycles. The second-order valence-electron chi connectivity index (χ2n) is 6.12. The molecular weight excluding hydrogens is 303 g/mol. The maximum atomic E-state index is 13.3. The molecule has 0 amide bonds. The summed E-state index contributed by atoms with van der Waals surface area (Å²) in [5, 5.41) is 4.07. The molecule has 0 unspecified atom stereocenters. The van der Waals surface area contributed by atoms with E-state index < -0.39 is 0 Å². The lowest BCUT2D eigenvalue weighted by molar-refractivity contribution is 0.373. The van der Waals surface area contributed by atoms with Crippen molar-refractivity contribution in [3.8, 4) is 0 Å². The highest BCUT2D eigenvalue weighted by molar-refractivity contribution is 6.03. The number of aromatic nitrogens is 1. The molecule has 0 saturated carbocycles. The highest BCUT2D eigenvalue weighted by Crippen LogP contribution is 2.36. The number of benzene rings is 2. The van der Waals surface area contributed by atoms with Crippen LogP contribution in [0.5, 0.6) is 0 Å². The minimum absolute atomic E-state index is 0.241. The zero-order valence-corrected chi connectivity index (χ0v) is 13.4. The SMILES string of the molecule is Cc1noc2c1N=C(c1ccc(F)cc1)C[C@H](c1ccccc1)C2. The number of hydrogen-bond donors (Lipinski definition) is 0. The van der Waals surface area contributed by atoms with Crippen molar-refractivity contribution in [2.45, 2.75) is 25.7 Å². The summed E-state index contributed by atoms with van der Waals surface area (Å²) in [5.41, 5.74) is 4.72. The van der Waals surface area contributed by atoms with Crippen molar-refractivity contribution in [2.24, 2.45) is 4.99 Å². The Labute approximate surface area is 139 Å². The van der Waals surface area contributed by atoms with E-state index in [4.69, 9.17) is 9.52 Å². The molecule has 4 rings (SSSR count). The molecule has 120 valence electrons. The normalized spacial score (nSPS) is 17.1. The largest absolute Gasteiger partial charge is 0.359 e. The van der Waals surface area contributed by atoms with Gasteiger partial charge in [-0.1, -0.05) is 47.6 Å². The van der Waals surface area contributed by atoms with Gasteiger partial charge in [0, 0.05) is 12.1 Å². The van der Waals surface area contributed by atoms with Gasteiger partial charge in [-0.2, -0.15) is 0 Å². The van der Waals surface area contributed by atoms with Crippen molar-refractivity contribution < 1.29 is 8.91 Å². The van der Waals surface area contributed by atoms with Crippen LogP contribution in [0.3, 0.4) is 0 Å². The Morgan fingerprint density at radius 3 is 2.50 bits per heavy atom. The van der Waals surface area contributed by atoms with E-state index in [1.807, 2.05) is 25.1 Å². The Bertz CT molecular complexity index is 882. The Morgan fingerprint density at radius 2 is 1.75 bits per heavy atom. The van der Waals surface area contributed by atoms with Gasteiger partial charge < -0.3 is 4.52 Å². The first-order valence-corrected chi connectivity index (χ1v) is 8.04. The minimum Gasteiger partial charge on any atom is -0.359 e. The minimum atomic E-state index is -0.241. The van der Waals surface area contributed by atoms with E-state index in [1.54, 1.807) is 12.1 Å². The summed E-state index contributed by atoms with van der Waals surface area (Å²) in [6.45, 7) is 1.90. The van der Waals surface area contributed by atoms with Crippen molar-refractivity contribution in [2.75, 3.05) is 0 Å². The molecule has 0 spiro atoms. The third kappa shape index (κ3) is 2.75. The van der Waals surface area contributed by atoms with E-state index in [9.17, 15) is 4.39 Å². The topological polar surface area (TPSA) is 38.4 Å². The average Bonchev–Trinajstić information content (AvgIpc) is 2.84. The predicted molar refractivity (Wildman–Crippen MR) is 91.3 cm³/mol. The first kappa shape index (κ1) is 14.8. The van der Waals surface area contributed by atoms with E-state index in [1.165, 1.54) is 17.7 Å². The molecule has 1 aromatic heterocycles. The Balaban J connectivity index is 1.80. The van der Waals surface area contributed by atoms with Crippen molar-refractivity contribution in [1.29, 1.82) is 0 Å². The third-order valence-electron chi connectivity index (χ3n) is 4.47. The quantitative estimate of drug-likeness (QED) is 0.668. The van der Waals surface area contributed by atoms with Crippen LogP contribution in [0.1, 0.15) is 34.9 Å². The lowest BCUT2D eigenvalue weighted by Crippen LogP contribution is -2.09. The molecule has 0 radical (unpaired) electrons. The molecule has 1 aliphatic heterocycles. The van der Waals surface area contributed by atoms with Gasteiger partial charge in [-0.15, -0.1) is 0 Å². The molecule has 3 aromatic rings. The van der Waals surface area contributed by atoms with Crippen LogP contribution in [0.4, 0.5) is 10.1 Å². The van der Waals surface area contributed by atoms with Crippen LogP contribution in [-0.2, 0) is 6.42 Å². The summed E-state index contributed by atoms with van der Waals surface area (Å²) in [5.74, 6) is 0.830. The summed E-state index contributed by atoms with van der Waals surface area (Å²) in [7, 11) is 0. The Kier molecular flexibility index (Phi) is 3.73. The molecule has 0 N–H and O–H groups in total. The zero-order valence-electron chi connectivity index (χ0n) is 13.4. The second kappa shape index (κ2) is 6.04. The van der Waals surface area contributed by atoms with Gasteiger partial charge in [0.1, 0.15) is 17.2 Å². The molecule has 4 heteroatoms. The van der Waals surface area contributed by atoms with Gasteiger partial charge in [-0.3, -0.25) is 0 Å². The van der Waals surface area contributed by atoms with Crippen molar-refractivity contribution in [3.05, 3.63) is 83.0 Å². The maximum absolute atomic E-state index is 13.3. The summed E-state index contributed by atoms with van der Waals surface area (Å²) in [4.78, 5) is 4.81. The molecule has 2 heterocycles. The summed E-state index contributed by atoms with van der Waals surface area (Å²) in [6.07, 6.45) is 1.54. The molecule has 24 heavy (non-hydrogen) atoms. The number of nitrogens with zero attached hydrogens (tertiary/aromatic N) is 2. The Morgan fingerprint density at radius 1 is 1.00 bits per heavy atom. The third-order valence-corrected chi connectivity index (χ3v) is 4.47. The maximum Gasteiger partial charge on any atom is 0.163 e. The fourth-order valence-electron chi connectivity index (χ4n) is 3.18. The number of rotatable bonds is 2. The monoisotopic (exact) mass is 320 g/mol. The van der Waals surface area contributed by atoms with Gasteiger partial charge in [0.05, 0.1) is 0 Å². The van der Waals surface area contributed by atoms with Gasteiger partial charge in [-0.05, 0) is 42.5 Å². The smallest absolute Gasteiger partial charge is 0.163 e. The standard InChI is InChI=1S/C20H17FN2O/c1-13-20-19(24-23-13)12-16(14-5-3-2-4-6-14)11-18(22-20)15-7-9-17(21)10-8-15/h2-10,16H,11-12H2,1H3/t16-/m0/s1. The van der Waals surface area contributed by atoms with Gasteiger partial charge >= 0.3 is 0 Å². The first-order valence-electron chi connectivity index (χ1n) is 8.04. The van der Waals surface area contributed by atoms with E-state index in [-0.39, 0.29) is 11.7 Å². The molecule has 0 bridgehead atoms. The van der Waals surface area contributed by atoms with Crippen LogP contribution in [0.2, 0.25) is 0 Å². The van der Waals surface area contributed by atoms with Crippen molar-refractivity contribution in [1.82, 2.24) is 5.16 Å². The predicted octanol–water partition coefficient (Wildman–Crippen LogP) is 4.97. The van der Waals surface area contributed by atoms with Crippen LogP contribution < -0.4 is 0 Å². The van der Waals surface area contributed by atoms with Crippen LogP contribution in [0.15, 0.2) is 64.1 Å². The molecule has 1 aliphatic rings. The zero-order chi connectivity index (χ0) is 16.5. The van der Waals surface area contributed by atoms with E-state index >= 15 is 0 Å². The van der Waals surface area contributed by atoms with Gasteiger partial charge in [-0.25, -0.2) is 9.38 Å². The molecule has 1 atom stereocenters. The molecule has 0 fully saturated rings. The van der Waals surface area contributed by atoms with Gasteiger partial charge in [0.2, 0.25) is 0 Å². The number of hydrogen-bond acceptors (Lipinski definition) is 3. The number of aryl methyl sites for hydroxylation is 1. The van der Waals surface area contributed by atoms with Gasteiger partial charge in [0.25, 0.3) is 0 Å². The fraction of sp³-hybridized carbons (Fsp3) is 0.200. The van der Waals surface area contributed by atoms with E-state index in [0.29, 0.717) is 0 Å². The summed E-state index contributed by atoms with van der Waals surface area (Å²) < 4.78 is 18.8. The number of fused-ring (bicyclic) bond motifs is 1. The lowest BCUT2D eigenvalue weighted by atomic mass is 9.88. The molecule has 3 nitrogen and oxygen atoms in total. The second-order valence-corrected chi connectivity index (χ2v) is 6.12. The van der Waals surface area contributed by atoms with Gasteiger partial charge in [0.15, 0.2) is 5.76 Å². The summed E-state index contributed by atoms with van der Waals surface area (Å²) >= 11 is 0. The first-order chi connectivity index (χ1) is 11.7. The number of halogens is 1. The van der Waals surface area contributed by atoms with Crippen molar-refractivity contribution in [3.63, 3.8) is 0 Å². The van der Waals surface area contributed by atoms with Crippen molar-refractivity contribution >= 4 is 11.4 Å². The summed E-state index contributed by atoms with van der Waals surface area (Å²) in [6, 6.07) is 16.9. The molecule has 2 aromatic carbocycles. The molecule has 0 saturated heterocycles. The van der Waals surface area contributed by atoms with Crippen LogP contribution in [0.25, 0.3) is 0 Å². The van der Waals surface area contributed by atoms with Crippen LogP contribution in [-0.4, -0.2) is 10.9 Å². The highest BCUT2D eigenvalue weighted by atomic mass is 19.1. The lowest BCUT2D eigenvalue weighted by Gasteiger charge is -2.15.